The van der Waals surface area contributed by atoms with E-state index in [2.05, 4.69) is 14.7 Å². The zero-order valence-electron chi connectivity index (χ0n) is 20.3. The van der Waals surface area contributed by atoms with E-state index in [1.807, 2.05) is 38.1 Å². The average Bonchev–Trinajstić information content (AvgIpc) is 3.31. The first-order valence-electron chi connectivity index (χ1n) is 11.0. The lowest BCUT2D eigenvalue weighted by Crippen LogP contribution is -2.16. The van der Waals surface area contributed by atoms with Crippen molar-refractivity contribution in [2.45, 2.75) is 38.1 Å². The first kappa shape index (κ1) is 26.8. The van der Waals surface area contributed by atoms with Crippen molar-refractivity contribution in [2.24, 2.45) is 0 Å². The minimum Gasteiger partial charge on any atom is -0.490 e. The summed E-state index contributed by atoms with van der Waals surface area (Å²) in [4.78, 5) is 16.4. The molecule has 0 atom stereocenters. The number of nitrogens with one attached hydrogen (secondary N) is 1. The van der Waals surface area contributed by atoms with Crippen LogP contribution < -0.4 is 14.8 Å². The second kappa shape index (κ2) is 11.8. The molecule has 36 heavy (non-hydrogen) atoms. The number of carbonyl (C=O) groups excluding carboxylic acids is 1. The van der Waals surface area contributed by atoms with Crippen LogP contribution in [0.1, 0.15) is 30.5 Å². The third kappa shape index (κ3) is 6.68. The number of aryl methyl sites for hydroxylation is 2. The number of nitriles is 1. The molecule has 1 N–H and O–H groups in total. The monoisotopic (exact) mass is 526 g/mol. The highest BCUT2D eigenvalue weighted by atomic mass is 32.2. The molecule has 0 bridgehead atoms. The van der Waals surface area contributed by atoms with E-state index in [-0.39, 0.29) is 15.9 Å². The van der Waals surface area contributed by atoms with Gasteiger partial charge in [-0.1, -0.05) is 30.3 Å². The molecular weight excluding hydrogens is 500 g/mol. The quantitative estimate of drug-likeness (QED) is 0.234. The number of aromatic nitrogens is 2. The lowest BCUT2D eigenvalue weighted by molar-refractivity contribution is -0.112. The summed E-state index contributed by atoms with van der Waals surface area (Å²) in [7, 11) is -3.66. The molecular formula is C25H26N4O5S2. The molecule has 3 aromatic rings. The number of anilines is 1. The van der Waals surface area contributed by atoms with Crippen molar-refractivity contribution < 1.29 is 22.7 Å². The normalized spacial score (nSPS) is 11.7. The average molecular weight is 527 g/mol. The number of nitrogens with zero attached hydrogens (tertiary/aromatic N) is 3. The van der Waals surface area contributed by atoms with E-state index in [1.165, 1.54) is 19.9 Å². The van der Waals surface area contributed by atoms with Crippen molar-refractivity contribution in [2.75, 3.05) is 18.5 Å². The Morgan fingerprint density at radius 3 is 2.36 bits per heavy atom. The van der Waals surface area contributed by atoms with Gasteiger partial charge in [0, 0.05) is 11.5 Å². The van der Waals surface area contributed by atoms with E-state index in [1.54, 1.807) is 24.3 Å². The molecule has 0 spiro atoms. The highest BCUT2D eigenvalue weighted by Gasteiger charge is 2.25. The Hall–Kier alpha value is -3.75. The van der Waals surface area contributed by atoms with Crippen molar-refractivity contribution in [3.8, 4) is 17.6 Å². The second-order valence-electron chi connectivity index (χ2n) is 8.09. The summed E-state index contributed by atoms with van der Waals surface area (Å²) >= 11 is 0.732. The SMILES string of the molecule is Cc1cccc(C)c1OCCOc1ccc(/C=C(/C#N)C(=O)Nc2nc(S(=O)(=O)C(C)C)ns2)cc1. The Labute approximate surface area is 214 Å². The molecule has 0 aliphatic rings. The van der Waals surface area contributed by atoms with Gasteiger partial charge in [0.2, 0.25) is 15.0 Å². The fraction of sp³-hybridized carbons (Fsp3) is 0.280. The van der Waals surface area contributed by atoms with E-state index in [0.29, 0.717) is 24.5 Å². The van der Waals surface area contributed by atoms with E-state index < -0.39 is 21.0 Å². The van der Waals surface area contributed by atoms with E-state index in [4.69, 9.17) is 9.47 Å². The van der Waals surface area contributed by atoms with Crippen LogP contribution >= 0.6 is 11.5 Å². The fourth-order valence-corrected chi connectivity index (χ4v) is 4.75. The minimum atomic E-state index is -3.66. The number of benzene rings is 2. The van der Waals surface area contributed by atoms with Crippen LogP contribution in [0.5, 0.6) is 11.5 Å². The van der Waals surface area contributed by atoms with Crippen LogP contribution in [0, 0.1) is 25.2 Å². The van der Waals surface area contributed by atoms with Gasteiger partial charge in [-0.05, 0) is 62.6 Å². The minimum absolute atomic E-state index is 0.00719. The van der Waals surface area contributed by atoms with Gasteiger partial charge >= 0.3 is 0 Å². The van der Waals surface area contributed by atoms with E-state index in [9.17, 15) is 18.5 Å². The topological polar surface area (TPSA) is 131 Å². The summed E-state index contributed by atoms with van der Waals surface area (Å²) < 4.78 is 39.6. The zero-order valence-corrected chi connectivity index (χ0v) is 21.9. The lowest BCUT2D eigenvalue weighted by atomic mass is 10.1. The Kier molecular flexibility index (Phi) is 8.79. The number of hydrogen-bond donors (Lipinski definition) is 1. The van der Waals surface area contributed by atoms with Gasteiger partial charge in [0.05, 0.1) is 5.25 Å². The van der Waals surface area contributed by atoms with E-state index in [0.717, 1.165) is 28.4 Å². The van der Waals surface area contributed by atoms with Gasteiger partial charge in [0.25, 0.3) is 11.1 Å². The largest absolute Gasteiger partial charge is 0.490 e. The number of amides is 1. The first-order chi connectivity index (χ1) is 17.1. The van der Waals surface area contributed by atoms with Crippen LogP contribution in [0.4, 0.5) is 5.13 Å². The first-order valence-corrected chi connectivity index (χ1v) is 13.4. The zero-order chi connectivity index (χ0) is 26.3. The number of carbonyl (C=O) groups is 1. The van der Waals surface area contributed by atoms with Crippen molar-refractivity contribution in [3.63, 3.8) is 0 Å². The third-order valence-corrected chi connectivity index (χ3v) is 7.75. The molecule has 2 aromatic carbocycles. The Bertz CT molecular complexity index is 1380. The van der Waals surface area contributed by atoms with Crippen LogP contribution in [0.3, 0.4) is 0 Å². The summed E-state index contributed by atoms with van der Waals surface area (Å²) in [6, 6.07) is 14.7. The summed E-state index contributed by atoms with van der Waals surface area (Å²) in [5.74, 6) is 0.759. The number of sulfone groups is 1. The Morgan fingerprint density at radius 1 is 1.11 bits per heavy atom. The van der Waals surface area contributed by atoms with Crippen molar-refractivity contribution in [1.29, 1.82) is 5.26 Å². The molecule has 1 heterocycles. The highest BCUT2D eigenvalue weighted by Crippen LogP contribution is 2.23. The third-order valence-electron chi connectivity index (χ3n) is 5.07. The predicted octanol–water partition coefficient (Wildman–Crippen LogP) is 4.34. The smallest absolute Gasteiger partial charge is 0.268 e. The van der Waals surface area contributed by atoms with Gasteiger partial charge in [0.1, 0.15) is 36.4 Å². The molecule has 3 rings (SSSR count). The van der Waals surface area contributed by atoms with Gasteiger partial charge in [0.15, 0.2) is 0 Å². The summed E-state index contributed by atoms with van der Waals surface area (Å²) in [5, 5.41) is 10.8. The Morgan fingerprint density at radius 2 is 1.75 bits per heavy atom. The fourth-order valence-electron chi connectivity index (χ4n) is 3.06. The maximum Gasteiger partial charge on any atom is 0.268 e. The summed E-state index contributed by atoms with van der Waals surface area (Å²) in [6.45, 7) is 7.76. The molecule has 0 saturated carbocycles. The number of rotatable bonds is 10. The molecule has 1 aromatic heterocycles. The van der Waals surface area contributed by atoms with Crippen molar-refractivity contribution in [1.82, 2.24) is 9.36 Å². The van der Waals surface area contributed by atoms with Crippen molar-refractivity contribution in [3.05, 3.63) is 64.7 Å². The number of ether oxygens (including phenoxy) is 2. The van der Waals surface area contributed by atoms with E-state index >= 15 is 0 Å². The second-order valence-corrected chi connectivity index (χ2v) is 11.2. The maximum atomic E-state index is 12.5. The number of hydrogen-bond acceptors (Lipinski definition) is 9. The van der Waals surface area contributed by atoms with Crippen LogP contribution in [0.2, 0.25) is 0 Å². The molecule has 1 amide bonds. The summed E-state index contributed by atoms with van der Waals surface area (Å²) in [5.41, 5.74) is 2.57. The standard InChI is InChI=1S/C25H26N4O5S2/c1-16(2)36(31,32)25-28-24(35-29-25)27-23(30)20(15-26)14-19-8-10-21(11-9-19)33-12-13-34-22-17(3)6-5-7-18(22)4/h5-11,14,16H,12-13H2,1-4H3,(H,27,28,29,30)/b20-14-. The molecule has 0 aliphatic heterocycles. The molecule has 0 saturated heterocycles. The van der Waals surface area contributed by atoms with Gasteiger partial charge in [-0.3, -0.25) is 10.1 Å². The molecule has 0 aliphatic carbocycles. The lowest BCUT2D eigenvalue weighted by Gasteiger charge is -2.12. The van der Waals surface area contributed by atoms with Crippen LogP contribution in [0.15, 0.2) is 53.2 Å². The van der Waals surface area contributed by atoms with Gasteiger partial charge < -0.3 is 9.47 Å². The Balaban J connectivity index is 1.57. The molecule has 0 radical (unpaired) electrons. The van der Waals surface area contributed by atoms with Crippen LogP contribution in [0.25, 0.3) is 6.08 Å². The van der Waals surface area contributed by atoms with Crippen LogP contribution in [-0.2, 0) is 14.6 Å². The molecule has 9 nitrogen and oxygen atoms in total. The van der Waals surface area contributed by atoms with Gasteiger partial charge in [-0.25, -0.2) is 8.42 Å². The summed E-state index contributed by atoms with van der Waals surface area (Å²) in [6.07, 6.45) is 1.41. The van der Waals surface area contributed by atoms with Crippen molar-refractivity contribution >= 4 is 38.5 Å². The molecule has 188 valence electrons. The van der Waals surface area contributed by atoms with Gasteiger partial charge in [-0.15, -0.1) is 0 Å². The molecule has 11 heteroatoms. The van der Waals surface area contributed by atoms with Gasteiger partial charge in [-0.2, -0.15) is 14.6 Å². The maximum absolute atomic E-state index is 12.5. The predicted molar refractivity (Wildman–Crippen MR) is 138 cm³/mol. The number of para-hydroxylation sites is 1. The van der Waals surface area contributed by atoms with Crippen LogP contribution in [-0.4, -0.2) is 42.1 Å². The highest BCUT2D eigenvalue weighted by molar-refractivity contribution is 7.91. The molecule has 0 fully saturated rings. The molecule has 0 unspecified atom stereocenters.